The number of aromatic nitrogens is 2. The number of anilines is 1. The van der Waals surface area contributed by atoms with Crippen LogP contribution in [0.3, 0.4) is 0 Å². The van der Waals surface area contributed by atoms with Crippen LogP contribution in [-0.4, -0.2) is 101 Å². The summed E-state index contributed by atoms with van der Waals surface area (Å²) in [5.41, 5.74) is 1.59. The third kappa shape index (κ3) is 5.27. The highest BCUT2D eigenvalue weighted by Crippen LogP contribution is 2.33. The van der Waals surface area contributed by atoms with Crippen molar-refractivity contribution in [2.75, 3.05) is 58.2 Å². The Bertz CT molecular complexity index is 1290. The lowest BCUT2D eigenvalue weighted by Crippen LogP contribution is -2.59. The van der Waals surface area contributed by atoms with Gasteiger partial charge < -0.3 is 24.3 Å². The number of ether oxygens (including phenoxy) is 2. The van der Waals surface area contributed by atoms with Gasteiger partial charge >= 0.3 is 6.09 Å². The first-order valence-corrected chi connectivity index (χ1v) is 12.4. The van der Waals surface area contributed by atoms with E-state index in [0.717, 1.165) is 34.9 Å². The highest BCUT2D eigenvalue weighted by Gasteiger charge is 2.38. The molecule has 3 aromatic rings. The molecule has 0 saturated carbocycles. The van der Waals surface area contributed by atoms with E-state index in [1.54, 1.807) is 18.5 Å². The zero-order chi connectivity index (χ0) is 25.4. The number of carbonyl (C=O) groups is 2. The molecule has 0 bridgehead atoms. The van der Waals surface area contributed by atoms with E-state index >= 15 is 0 Å². The first kappa shape index (κ1) is 24.8. The molecule has 5 rings (SSSR count). The molecule has 2 aromatic heterocycles. The summed E-state index contributed by atoms with van der Waals surface area (Å²) in [5, 5.41) is 5.13. The van der Waals surface area contributed by atoms with Gasteiger partial charge in [0.25, 0.3) is 0 Å². The number of nitrogens with zero attached hydrogens (tertiary/aromatic N) is 4. The summed E-state index contributed by atoms with van der Waals surface area (Å²) in [6, 6.07) is 5.40. The molecular weight excluding hydrogens is 484 g/mol. The molecule has 2 aliphatic rings. The maximum atomic E-state index is 13.0. The Balaban J connectivity index is 1.31. The molecule has 10 nitrogen and oxygen atoms in total. The summed E-state index contributed by atoms with van der Waals surface area (Å²) >= 11 is 6.36. The normalized spacial score (nSPS) is 21.1. The van der Waals surface area contributed by atoms with Crippen LogP contribution >= 0.6 is 11.6 Å². The number of amides is 2. The minimum absolute atomic E-state index is 0.0260. The number of likely N-dealkylation sites (N-methyl/N-ethyl adjacent to an activating group) is 1. The topological polar surface area (TPSA) is 103 Å². The number of benzene rings is 1. The Kier molecular flexibility index (Phi) is 6.78. The number of hydrogen-bond donors (Lipinski definition) is 2. The quantitative estimate of drug-likeness (QED) is 0.551. The second kappa shape index (κ2) is 9.85. The van der Waals surface area contributed by atoms with Gasteiger partial charge in [-0.2, -0.15) is 0 Å². The van der Waals surface area contributed by atoms with Crippen LogP contribution in [0.25, 0.3) is 21.8 Å². The molecule has 1 atom stereocenters. The molecule has 0 spiro atoms. The Morgan fingerprint density at radius 3 is 2.81 bits per heavy atom. The molecule has 2 N–H and O–H groups in total. The van der Waals surface area contributed by atoms with Gasteiger partial charge in [0.15, 0.2) is 6.23 Å². The SMILES string of the molecule is CN1CCN(C(=O)CN2CC(C)(C)OCC2OC(=O)Nc2cc(Cl)cc3c2[nH]c2cnccc23)CC1. The second-order valence-corrected chi connectivity index (χ2v) is 10.5. The van der Waals surface area contributed by atoms with Crippen molar-refractivity contribution in [1.82, 2.24) is 24.7 Å². The molecule has 192 valence electrons. The Labute approximate surface area is 214 Å². The van der Waals surface area contributed by atoms with E-state index < -0.39 is 17.9 Å². The van der Waals surface area contributed by atoms with E-state index in [2.05, 4.69) is 27.2 Å². The maximum absolute atomic E-state index is 13.0. The van der Waals surface area contributed by atoms with Crippen LogP contribution < -0.4 is 5.32 Å². The van der Waals surface area contributed by atoms with E-state index in [0.29, 0.717) is 30.3 Å². The number of H-pyrrole nitrogens is 1. The fraction of sp³-hybridized carbons (Fsp3) is 0.480. The smallest absolute Gasteiger partial charge is 0.413 e. The van der Waals surface area contributed by atoms with Crippen molar-refractivity contribution in [3.05, 3.63) is 35.6 Å². The molecule has 2 amide bonds. The van der Waals surface area contributed by atoms with Gasteiger partial charge in [0.05, 0.1) is 41.7 Å². The number of rotatable bonds is 4. The zero-order valence-corrected chi connectivity index (χ0v) is 21.5. The van der Waals surface area contributed by atoms with Crippen molar-refractivity contribution >= 4 is 51.1 Å². The van der Waals surface area contributed by atoms with Gasteiger partial charge in [0.1, 0.15) is 0 Å². The van der Waals surface area contributed by atoms with Gasteiger partial charge in [-0.1, -0.05) is 11.6 Å². The summed E-state index contributed by atoms with van der Waals surface area (Å²) in [6.45, 7) is 7.79. The maximum Gasteiger partial charge on any atom is 0.413 e. The first-order chi connectivity index (χ1) is 17.2. The minimum Gasteiger partial charge on any atom is -0.427 e. The fourth-order valence-electron chi connectivity index (χ4n) is 4.81. The lowest BCUT2D eigenvalue weighted by Gasteiger charge is -2.43. The van der Waals surface area contributed by atoms with Crippen LogP contribution in [0.1, 0.15) is 13.8 Å². The van der Waals surface area contributed by atoms with Gasteiger partial charge in [-0.15, -0.1) is 0 Å². The van der Waals surface area contributed by atoms with Crippen molar-refractivity contribution in [2.45, 2.75) is 25.7 Å². The number of carbonyl (C=O) groups excluding carboxylic acids is 2. The fourth-order valence-corrected chi connectivity index (χ4v) is 5.03. The number of nitrogens with one attached hydrogen (secondary N) is 2. The first-order valence-electron chi connectivity index (χ1n) is 12.1. The number of halogens is 1. The Morgan fingerprint density at radius 2 is 2.03 bits per heavy atom. The number of pyridine rings is 1. The van der Waals surface area contributed by atoms with Crippen molar-refractivity contribution in [3.8, 4) is 0 Å². The van der Waals surface area contributed by atoms with Gasteiger partial charge in [-0.3, -0.25) is 20.0 Å². The Morgan fingerprint density at radius 1 is 1.25 bits per heavy atom. The predicted molar refractivity (Wildman–Crippen MR) is 138 cm³/mol. The summed E-state index contributed by atoms with van der Waals surface area (Å²) in [4.78, 5) is 39.4. The Hall–Kier alpha value is -2.92. The van der Waals surface area contributed by atoms with E-state index in [4.69, 9.17) is 21.1 Å². The van der Waals surface area contributed by atoms with E-state index in [-0.39, 0.29) is 19.1 Å². The molecule has 0 radical (unpaired) electrons. The van der Waals surface area contributed by atoms with Crippen LogP contribution in [0.2, 0.25) is 5.02 Å². The third-order valence-electron chi connectivity index (χ3n) is 6.76. The van der Waals surface area contributed by atoms with Gasteiger partial charge in [0.2, 0.25) is 5.91 Å². The molecule has 1 aromatic carbocycles. The van der Waals surface area contributed by atoms with Crippen molar-refractivity contribution < 1.29 is 19.1 Å². The van der Waals surface area contributed by atoms with Crippen LogP contribution in [0.15, 0.2) is 30.6 Å². The van der Waals surface area contributed by atoms with Crippen molar-refractivity contribution in [2.24, 2.45) is 0 Å². The summed E-state index contributed by atoms with van der Waals surface area (Å²) in [7, 11) is 2.05. The second-order valence-electron chi connectivity index (χ2n) is 10.1. The summed E-state index contributed by atoms with van der Waals surface area (Å²) < 4.78 is 11.7. The molecule has 1 unspecified atom stereocenters. The van der Waals surface area contributed by atoms with Crippen LogP contribution in [0.5, 0.6) is 0 Å². The molecule has 0 aliphatic carbocycles. The summed E-state index contributed by atoms with van der Waals surface area (Å²) in [5.74, 6) is 0.0260. The van der Waals surface area contributed by atoms with Gasteiger partial charge in [-0.25, -0.2) is 4.79 Å². The van der Waals surface area contributed by atoms with Crippen molar-refractivity contribution in [3.63, 3.8) is 0 Å². The lowest BCUT2D eigenvalue weighted by atomic mass is 10.1. The molecule has 2 saturated heterocycles. The third-order valence-corrected chi connectivity index (χ3v) is 6.97. The van der Waals surface area contributed by atoms with Gasteiger partial charge in [0, 0.05) is 54.7 Å². The average Bonchev–Trinajstić information content (AvgIpc) is 3.20. The van der Waals surface area contributed by atoms with Gasteiger partial charge in [-0.05, 0) is 39.1 Å². The number of hydrogen-bond acceptors (Lipinski definition) is 7. The zero-order valence-electron chi connectivity index (χ0n) is 20.7. The molecule has 4 heterocycles. The molecular formula is C25H31ClN6O4. The van der Waals surface area contributed by atoms with E-state index in [9.17, 15) is 9.59 Å². The molecule has 2 fully saturated rings. The van der Waals surface area contributed by atoms with Crippen LogP contribution in [0.4, 0.5) is 10.5 Å². The highest BCUT2D eigenvalue weighted by molar-refractivity contribution is 6.32. The molecule has 2 aliphatic heterocycles. The highest BCUT2D eigenvalue weighted by atomic mass is 35.5. The number of aromatic amines is 1. The van der Waals surface area contributed by atoms with E-state index in [1.165, 1.54) is 0 Å². The number of fused-ring (bicyclic) bond motifs is 3. The van der Waals surface area contributed by atoms with E-state index in [1.807, 2.05) is 35.8 Å². The lowest BCUT2D eigenvalue weighted by molar-refractivity contribution is -0.178. The van der Waals surface area contributed by atoms with Crippen LogP contribution in [-0.2, 0) is 14.3 Å². The molecule has 11 heteroatoms. The molecule has 36 heavy (non-hydrogen) atoms. The summed E-state index contributed by atoms with van der Waals surface area (Å²) in [6.07, 6.45) is 2.08. The monoisotopic (exact) mass is 514 g/mol. The largest absolute Gasteiger partial charge is 0.427 e. The number of morpholine rings is 1. The van der Waals surface area contributed by atoms with Crippen molar-refractivity contribution in [1.29, 1.82) is 0 Å². The standard InChI is InChI=1S/C25H31ClN6O4/c1-25(2)15-32(13-21(33)31-8-6-30(3)7-9-31)22(14-35-25)36-24(34)29-19-11-16(26)10-18-17-4-5-27-12-20(17)28-23(18)19/h4-5,10-12,22,28H,6-9,13-15H2,1-3H3,(H,29,34). The van der Waals surface area contributed by atoms with Crippen LogP contribution in [0, 0.1) is 0 Å². The number of piperazine rings is 1. The minimum atomic E-state index is -0.698. The predicted octanol–water partition coefficient (Wildman–Crippen LogP) is 3.13. The average molecular weight is 515 g/mol.